The molecule has 0 radical (unpaired) electrons. The Kier molecular flexibility index (Phi) is 4.05. The van der Waals surface area contributed by atoms with Crippen LogP contribution in [-0.2, 0) is 4.74 Å². The minimum Gasteiger partial charge on any atom is -0.462 e. The summed E-state index contributed by atoms with van der Waals surface area (Å²) in [6.07, 6.45) is 2.77. The van der Waals surface area contributed by atoms with Crippen molar-refractivity contribution in [2.75, 3.05) is 11.9 Å². The van der Waals surface area contributed by atoms with Crippen LogP contribution in [-0.4, -0.2) is 42.4 Å². The van der Waals surface area contributed by atoms with Gasteiger partial charge in [0.1, 0.15) is 11.9 Å². The summed E-state index contributed by atoms with van der Waals surface area (Å²) < 4.78 is 6.44. The normalized spacial score (nSPS) is 11.0. The molecule has 0 aliphatic carbocycles. The second-order valence-corrected chi connectivity index (χ2v) is 5.68. The molecule has 10 heteroatoms. The summed E-state index contributed by atoms with van der Waals surface area (Å²) >= 11 is 5.90. The first-order valence-corrected chi connectivity index (χ1v) is 8.10. The van der Waals surface area contributed by atoms with Crippen LogP contribution in [0.1, 0.15) is 17.3 Å². The molecule has 0 amide bonds. The van der Waals surface area contributed by atoms with E-state index in [4.69, 9.17) is 16.3 Å². The molecule has 0 saturated carbocycles. The summed E-state index contributed by atoms with van der Waals surface area (Å²) in [5.41, 5.74) is 2.11. The van der Waals surface area contributed by atoms with Gasteiger partial charge in [-0.05, 0) is 31.2 Å². The summed E-state index contributed by atoms with van der Waals surface area (Å²) in [4.78, 5) is 20.4. The molecule has 0 bridgehead atoms. The van der Waals surface area contributed by atoms with E-state index in [2.05, 4.69) is 30.6 Å². The first-order chi connectivity index (χ1) is 12.7. The summed E-state index contributed by atoms with van der Waals surface area (Å²) in [5, 5.41) is 16.2. The fourth-order valence-electron chi connectivity index (χ4n) is 2.42. The number of hydrogen-bond acceptors (Lipinski definition) is 8. The van der Waals surface area contributed by atoms with Crippen LogP contribution in [0, 0.1) is 0 Å². The van der Waals surface area contributed by atoms with Crippen molar-refractivity contribution in [3.05, 3.63) is 47.4 Å². The van der Waals surface area contributed by atoms with Gasteiger partial charge in [0, 0.05) is 10.7 Å². The van der Waals surface area contributed by atoms with Crippen molar-refractivity contribution in [1.82, 2.24) is 29.8 Å². The number of carbonyl (C=O) groups is 1. The summed E-state index contributed by atoms with van der Waals surface area (Å²) in [5.74, 6) is -0.0513. The van der Waals surface area contributed by atoms with E-state index in [0.29, 0.717) is 22.0 Å². The van der Waals surface area contributed by atoms with Crippen LogP contribution in [0.4, 0.5) is 11.5 Å². The predicted molar refractivity (Wildman–Crippen MR) is 94.6 cm³/mol. The lowest BCUT2D eigenvalue weighted by Crippen LogP contribution is -2.07. The molecular weight excluding hydrogens is 358 g/mol. The third-order valence-corrected chi connectivity index (χ3v) is 3.85. The van der Waals surface area contributed by atoms with Gasteiger partial charge in [-0.1, -0.05) is 11.6 Å². The Bertz CT molecular complexity index is 1110. The summed E-state index contributed by atoms with van der Waals surface area (Å²) in [7, 11) is 0. The Hall–Kier alpha value is -3.33. The van der Waals surface area contributed by atoms with E-state index in [1.54, 1.807) is 19.1 Å². The van der Waals surface area contributed by atoms with Crippen molar-refractivity contribution in [3.63, 3.8) is 0 Å². The second-order valence-electron chi connectivity index (χ2n) is 5.24. The molecule has 0 unspecified atom stereocenters. The van der Waals surface area contributed by atoms with Crippen LogP contribution in [0.2, 0.25) is 5.02 Å². The van der Waals surface area contributed by atoms with E-state index in [1.807, 2.05) is 12.1 Å². The molecule has 130 valence electrons. The van der Waals surface area contributed by atoms with Gasteiger partial charge >= 0.3 is 5.97 Å². The lowest BCUT2D eigenvalue weighted by molar-refractivity contribution is 0.0528. The quantitative estimate of drug-likeness (QED) is 0.547. The van der Waals surface area contributed by atoms with Gasteiger partial charge in [-0.2, -0.15) is 9.61 Å². The molecule has 0 spiro atoms. The SMILES string of the molecule is CCOC(=O)c1cnn2c1nnc1c(Nc3ccc(Cl)cc3)ncnc12. The third kappa shape index (κ3) is 2.78. The lowest BCUT2D eigenvalue weighted by atomic mass is 10.3. The minimum absolute atomic E-state index is 0.229. The van der Waals surface area contributed by atoms with Gasteiger partial charge in [0.05, 0.1) is 12.8 Å². The molecule has 9 nitrogen and oxygen atoms in total. The number of ether oxygens (including phenoxy) is 1. The Morgan fingerprint density at radius 1 is 1.19 bits per heavy atom. The van der Waals surface area contributed by atoms with E-state index >= 15 is 0 Å². The zero-order valence-corrected chi connectivity index (χ0v) is 14.3. The highest BCUT2D eigenvalue weighted by molar-refractivity contribution is 6.30. The highest BCUT2D eigenvalue weighted by Gasteiger charge is 2.19. The Balaban J connectivity index is 1.81. The zero-order valence-electron chi connectivity index (χ0n) is 13.5. The van der Waals surface area contributed by atoms with Crippen LogP contribution in [0.5, 0.6) is 0 Å². The molecule has 4 aromatic rings. The molecular formula is C16H12ClN7O2. The summed E-state index contributed by atoms with van der Waals surface area (Å²) in [6, 6.07) is 7.15. The van der Waals surface area contributed by atoms with Crippen molar-refractivity contribution in [2.24, 2.45) is 0 Å². The van der Waals surface area contributed by atoms with Crippen LogP contribution in [0.15, 0.2) is 36.8 Å². The maximum atomic E-state index is 12.0. The number of fused-ring (bicyclic) bond motifs is 3. The van der Waals surface area contributed by atoms with Crippen molar-refractivity contribution >= 4 is 45.9 Å². The number of halogens is 1. The fraction of sp³-hybridized carbons (Fsp3) is 0.125. The first kappa shape index (κ1) is 16.2. The van der Waals surface area contributed by atoms with Crippen LogP contribution < -0.4 is 5.32 Å². The molecule has 0 atom stereocenters. The van der Waals surface area contributed by atoms with E-state index in [-0.39, 0.29) is 17.8 Å². The third-order valence-electron chi connectivity index (χ3n) is 3.59. The maximum Gasteiger partial charge on any atom is 0.343 e. The molecule has 1 aromatic carbocycles. The first-order valence-electron chi connectivity index (χ1n) is 7.72. The minimum atomic E-state index is -0.510. The predicted octanol–water partition coefficient (Wildman–Crippen LogP) is 2.64. The van der Waals surface area contributed by atoms with Crippen LogP contribution in [0.3, 0.4) is 0 Å². The summed E-state index contributed by atoms with van der Waals surface area (Å²) in [6.45, 7) is 1.99. The number of nitrogens with one attached hydrogen (secondary N) is 1. The molecule has 26 heavy (non-hydrogen) atoms. The monoisotopic (exact) mass is 369 g/mol. The number of rotatable bonds is 4. The van der Waals surface area contributed by atoms with Gasteiger partial charge in [-0.15, -0.1) is 10.2 Å². The molecule has 0 fully saturated rings. The molecule has 1 N–H and O–H groups in total. The molecule has 3 heterocycles. The van der Waals surface area contributed by atoms with Gasteiger partial charge in [0.2, 0.25) is 0 Å². The van der Waals surface area contributed by atoms with Gasteiger partial charge < -0.3 is 10.1 Å². The maximum absolute atomic E-state index is 12.0. The smallest absolute Gasteiger partial charge is 0.343 e. The van der Waals surface area contributed by atoms with Gasteiger partial charge in [-0.25, -0.2) is 14.8 Å². The number of hydrogen-bond donors (Lipinski definition) is 1. The number of nitrogens with zero attached hydrogens (tertiary/aromatic N) is 6. The van der Waals surface area contributed by atoms with Gasteiger partial charge in [0.25, 0.3) is 0 Å². The second kappa shape index (κ2) is 6.52. The number of carbonyl (C=O) groups excluding carboxylic acids is 1. The zero-order chi connectivity index (χ0) is 18.1. The number of benzene rings is 1. The lowest BCUT2D eigenvalue weighted by Gasteiger charge is -2.07. The Labute approximate surface area is 152 Å². The number of anilines is 2. The Morgan fingerprint density at radius 2 is 2.00 bits per heavy atom. The van der Waals surface area contributed by atoms with Crippen molar-refractivity contribution in [1.29, 1.82) is 0 Å². The standard InChI is InChI=1S/C16H12ClN7O2/c1-2-26-16(25)11-7-20-24-14(11)23-22-12-13(18-8-19-15(12)24)21-10-5-3-9(17)4-6-10/h3-8H,2H2,1H3,(H,18,19,21). The van der Waals surface area contributed by atoms with Crippen molar-refractivity contribution in [2.45, 2.75) is 6.92 Å². The average Bonchev–Trinajstić information content (AvgIpc) is 3.09. The fourth-order valence-corrected chi connectivity index (χ4v) is 2.55. The van der Waals surface area contributed by atoms with Crippen molar-refractivity contribution < 1.29 is 9.53 Å². The van der Waals surface area contributed by atoms with E-state index < -0.39 is 5.97 Å². The topological polar surface area (TPSA) is 107 Å². The van der Waals surface area contributed by atoms with E-state index in [9.17, 15) is 4.79 Å². The van der Waals surface area contributed by atoms with Crippen molar-refractivity contribution in [3.8, 4) is 0 Å². The van der Waals surface area contributed by atoms with Crippen LogP contribution >= 0.6 is 11.6 Å². The molecule has 4 rings (SSSR count). The molecule has 0 aliphatic rings. The van der Waals surface area contributed by atoms with Crippen LogP contribution in [0.25, 0.3) is 16.8 Å². The Morgan fingerprint density at radius 3 is 2.77 bits per heavy atom. The van der Waals surface area contributed by atoms with E-state index in [0.717, 1.165) is 5.69 Å². The average molecular weight is 370 g/mol. The number of esters is 1. The molecule has 3 aromatic heterocycles. The molecule has 0 aliphatic heterocycles. The van der Waals surface area contributed by atoms with Gasteiger partial charge in [-0.3, -0.25) is 0 Å². The van der Waals surface area contributed by atoms with Gasteiger partial charge in [0.15, 0.2) is 22.6 Å². The highest BCUT2D eigenvalue weighted by atomic mass is 35.5. The molecule has 0 saturated heterocycles. The van der Waals surface area contributed by atoms with E-state index in [1.165, 1.54) is 17.0 Å². The number of aromatic nitrogens is 6. The highest BCUT2D eigenvalue weighted by Crippen LogP contribution is 2.23. The largest absolute Gasteiger partial charge is 0.462 e.